The number of nitriles is 1. The molecule has 8 nitrogen and oxygen atoms in total. The second-order valence-electron chi connectivity index (χ2n) is 8.87. The summed E-state index contributed by atoms with van der Waals surface area (Å²) in [5, 5.41) is 22.3. The Bertz CT molecular complexity index is 1350. The maximum Gasteiger partial charge on any atom is 0.308 e. The Kier molecular flexibility index (Phi) is 8.06. The largest absolute Gasteiger partial charge is 0.507 e. The fourth-order valence-corrected chi connectivity index (χ4v) is 4.60. The number of amidine groups is 1. The summed E-state index contributed by atoms with van der Waals surface area (Å²) in [6, 6.07) is 16.8. The van der Waals surface area contributed by atoms with E-state index >= 15 is 0 Å². The minimum absolute atomic E-state index is 0.0321. The van der Waals surface area contributed by atoms with Gasteiger partial charge in [-0.1, -0.05) is 24.3 Å². The van der Waals surface area contributed by atoms with Crippen molar-refractivity contribution in [1.29, 1.82) is 5.26 Å². The third kappa shape index (κ3) is 5.83. The van der Waals surface area contributed by atoms with Crippen LogP contribution in [0.1, 0.15) is 28.8 Å². The Labute approximate surface area is 218 Å². The molecular formula is C28H26F2N4O4. The molecule has 0 unspecified atom stereocenters. The van der Waals surface area contributed by atoms with Crippen LogP contribution in [0.15, 0.2) is 71.7 Å². The molecule has 0 atom stereocenters. The summed E-state index contributed by atoms with van der Waals surface area (Å²) < 4.78 is 39.5. The number of nitrogens with one attached hydrogen (secondary N) is 1. The lowest BCUT2D eigenvalue weighted by Gasteiger charge is -2.42. The predicted molar refractivity (Wildman–Crippen MR) is 136 cm³/mol. The summed E-state index contributed by atoms with van der Waals surface area (Å²) in [4.78, 5) is 18.7. The molecule has 1 heterocycles. The molecule has 0 bridgehead atoms. The number of carbonyl (C=O) groups excluding carboxylic acids is 1. The van der Waals surface area contributed by atoms with Crippen LogP contribution in [-0.4, -0.2) is 48.7 Å². The number of aromatic hydroxyl groups is 1. The highest BCUT2D eigenvalue weighted by atomic mass is 19.1. The second-order valence-corrected chi connectivity index (χ2v) is 8.87. The van der Waals surface area contributed by atoms with Crippen molar-refractivity contribution in [3.63, 3.8) is 0 Å². The molecule has 3 aromatic carbocycles. The Morgan fingerprint density at radius 3 is 2.42 bits per heavy atom. The molecule has 0 aliphatic carbocycles. The van der Waals surface area contributed by atoms with Gasteiger partial charge in [0.2, 0.25) is 6.19 Å². The number of nitrogens with zero attached hydrogens (tertiary/aromatic N) is 3. The molecular weight excluding hydrogens is 494 g/mol. The van der Waals surface area contributed by atoms with Crippen LogP contribution in [-0.2, 0) is 5.41 Å². The second kappa shape index (κ2) is 11.6. The number of carbonyl (C=O) groups is 1. The first-order valence-corrected chi connectivity index (χ1v) is 11.9. The van der Waals surface area contributed by atoms with E-state index in [9.17, 15) is 23.9 Å². The van der Waals surface area contributed by atoms with Gasteiger partial charge in [0.1, 0.15) is 34.4 Å². The molecule has 38 heavy (non-hydrogen) atoms. The number of hydrogen-bond acceptors (Lipinski definition) is 6. The minimum atomic E-state index is -0.850. The van der Waals surface area contributed by atoms with Crippen LogP contribution in [0.3, 0.4) is 0 Å². The molecule has 196 valence electrons. The highest BCUT2D eigenvalue weighted by molar-refractivity contribution is 5.99. The highest BCUT2D eigenvalue weighted by Crippen LogP contribution is 2.37. The van der Waals surface area contributed by atoms with Crippen molar-refractivity contribution in [3.8, 4) is 23.4 Å². The van der Waals surface area contributed by atoms with Gasteiger partial charge in [0.25, 0.3) is 5.91 Å². The fourth-order valence-electron chi connectivity index (χ4n) is 4.60. The van der Waals surface area contributed by atoms with E-state index in [1.807, 2.05) is 6.07 Å². The zero-order chi connectivity index (χ0) is 27.1. The van der Waals surface area contributed by atoms with Crippen LogP contribution in [0.2, 0.25) is 0 Å². The van der Waals surface area contributed by atoms with Crippen LogP contribution in [0.25, 0.3) is 0 Å². The van der Waals surface area contributed by atoms with Gasteiger partial charge in [-0.15, -0.1) is 4.99 Å². The van der Waals surface area contributed by atoms with Crippen molar-refractivity contribution in [2.24, 2.45) is 4.99 Å². The van der Waals surface area contributed by atoms with Gasteiger partial charge in [-0.2, -0.15) is 5.26 Å². The summed E-state index contributed by atoms with van der Waals surface area (Å²) in [7, 11) is 1.39. The van der Waals surface area contributed by atoms with Crippen molar-refractivity contribution >= 4 is 11.9 Å². The van der Waals surface area contributed by atoms with Crippen molar-refractivity contribution in [1.82, 2.24) is 10.2 Å². The summed E-state index contributed by atoms with van der Waals surface area (Å²) in [6.45, 7) is 0.701. The Hall–Kier alpha value is -4.65. The quantitative estimate of drug-likeness (QED) is 0.284. The molecule has 1 amide bonds. The van der Waals surface area contributed by atoms with Crippen LogP contribution < -0.4 is 14.8 Å². The summed E-state index contributed by atoms with van der Waals surface area (Å²) in [5.41, 5.74) is -0.494. The van der Waals surface area contributed by atoms with Crippen molar-refractivity contribution in [2.75, 3.05) is 26.7 Å². The van der Waals surface area contributed by atoms with Gasteiger partial charge in [-0.25, -0.2) is 8.78 Å². The van der Waals surface area contributed by atoms with Gasteiger partial charge in [0, 0.05) is 31.1 Å². The number of halogens is 2. The number of amides is 1. The van der Waals surface area contributed by atoms with Gasteiger partial charge in [0.05, 0.1) is 7.11 Å². The zero-order valence-corrected chi connectivity index (χ0v) is 20.7. The lowest BCUT2D eigenvalue weighted by atomic mass is 9.72. The summed E-state index contributed by atoms with van der Waals surface area (Å²) >= 11 is 0. The number of aliphatic imine (C=N–C) groups is 1. The molecule has 3 aromatic rings. The fraction of sp³-hybridized carbons (Fsp3) is 0.250. The maximum absolute atomic E-state index is 14.3. The number of methoxy groups -OCH3 is 1. The van der Waals surface area contributed by atoms with Crippen LogP contribution in [0.5, 0.6) is 17.2 Å². The summed E-state index contributed by atoms with van der Waals surface area (Å²) in [5.74, 6) is -1.59. The molecule has 2 N–H and O–H groups in total. The summed E-state index contributed by atoms with van der Waals surface area (Å²) in [6.07, 6.45) is 2.47. The first-order chi connectivity index (χ1) is 18.3. The monoisotopic (exact) mass is 520 g/mol. The molecule has 0 spiro atoms. The van der Waals surface area contributed by atoms with Gasteiger partial charge in [-0.3, -0.25) is 4.79 Å². The third-order valence-corrected chi connectivity index (χ3v) is 6.60. The molecule has 1 aliphatic rings. The van der Waals surface area contributed by atoms with Crippen molar-refractivity contribution in [2.45, 2.75) is 18.3 Å². The Balaban J connectivity index is 1.58. The zero-order valence-electron chi connectivity index (χ0n) is 20.7. The van der Waals surface area contributed by atoms with E-state index in [2.05, 4.69) is 10.3 Å². The first-order valence-electron chi connectivity index (χ1n) is 11.9. The van der Waals surface area contributed by atoms with Gasteiger partial charge >= 0.3 is 6.02 Å². The molecule has 1 aliphatic heterocycles. The van der Waals surface area contributed by atoms with E-state index in [0.29, 0.717) is 37.2 Å². The topological polar surface area (TPSA) is 107 Å². The average Bonchev–Trinajstić information content (AvgIpc) is 2.91. The normalized spacial score (nSPS) is 14.9. The Morgan fingerprint density at radius 2 is 1.79 bits per heavy atom. The number of hydrogen-bond donors (Lipinski definition) is 2. The number of piperidine rings is 1. The van der Waals surface area contributed by atoms with Crippen LogP contribution >= 0.6 is 0 Å². The standard InChI is InChI=1S/C28H26F2N4O4/c1-37-24-9-5-8-23(35)25(24)26(36)32-17-28(19-14-20(29)16-21(30)15-19)10-12-34(13-11-28)27(33-18-31)38-22-6-3-2-4-7-22/h2-9,14-16,35H,10-13,17H2,1H3,(H,32,36)/b33-27-. The van der Waals surface area contributed by atoms with Crippen molar-refractivity contribution < 1.29 is 28.2 Å². The predicted octanol–water partition coefficient (Wildman–Crippen LogP) is 4.36. The molecule has 1 saturated heterocycles. The smallest absolute Gasteiger partial charge is 0.308 e. The molecule has 0 aromatic heterocycles. The molecule has 1 fully saturated rings. The highest BCUT2D eigenvalue weighted by Gasteiger charge is 2.39. The molecule has 0 saturated carbocycles. The number of ether oxygens (including phenoxy) is 2. The van der Waals surface area contributed by atoms with E-state index in [0.717, 1.165) is 6.07 Å². The third-order valence-electron chi connectivity index (χ3n) is 6.60. The minimum Gasteiger partial charge on any atom is -0.507 e. The first kappa shape index (κ1) is 26.4. The van der Waals surface area contributed by atoms with Crippen molar-refractivity contribution in [3.05, 3.63) is 89.5 Å². The lowest BCUT2D eigenvalue weighted by molar-refractivity contribution is 0.0924. The SMILES string of the molecule is COc1cccc(O)c1C(=O)NCC1(c2cc(F)cc(F)c2)CCN(/C(=N/C#N)Oc2ccccc2)CC1. The average molecular weight is 521 g/mol. The number of benzene rings is 3. The van der Waals surface area contributed by atoms with Gasteiger partial charge < -0.3 is 24.8 Å². The lowest BCUT2D eigenvalue weighted by Crippen LogP contribution is -2.51. The van der Waals surface area contributed by atoms with Gasteiger partial charge in [0.15, 0.2) is 0 Å². The Morgan fingerprint density at radius 1 is 1.11 bits per heavy atom. The van der Waals surface area contributed by atoms with E-state index in [4.69, 9.17) is 9.47 Å². The van der Waals surface area contributed by atoms with Crippen LogP contribution in [0.4, 0.5) is 8.78 Å². The number of phenols is 1. The number of rotatable bonds is 6. The number of para-hydroxylation sites is 1. The number of phenolic OH excluding ortho intramolecular Hbond substituents is 1. The van der Waals surface area contributed by atoms with Gasteiger partial charge in [-0.05, 0) is 54.8 Å². The molecule has 10 heteroatoms. The van der Waals surface area contributed by atoms with E-state index in [1.54, 1.807) is 47.5 Å². The van der Waals surface area contributed by atoms with E-state index in [1.165, 1.54) is 25.3 Å². The number of likely N-dealkylation sites (tertiary alicyclic amines) is 1. The van der Waals surface area contributed by atoms with E-state index in [-0.39, 0.29) is 29.6 Å². The molecule has 4 rings (SSSR count). The molecule has 0 radical (unpaired) electrons. The van der Waals surface area contributed by atoms with Crippen LogP contribution in [0, 0.1) is 23.1 Å². The maximum atomic E-state index is 14.3. The van der Waals surface area contributed by atoms with E-state index < -0.39 is 23.0 Å².